The molecule has 0 bridgehead atoms. The number of hydrogen-bond acceptors (Lipinski definition) is 1. The number of halogens is 4. The molecule has 2 rings (SSSR count). The van der Waals surface area contributed by atoms with Crippen LogP contribution in [0, 0.1) is 5.82 Å². The van der Waals surface area contributed by atoms with Crippen LogP contribution < -0.4 is 4.74 Å². The van der Waals surface area contributed by atoms with Gasteiger partial charge in [0.2, 0.25) is 0 Å². The molecule has 0 aliphatic carbocycles. The third-order valence-corrected chi connectivity index (χ3v) is 3.82. The van der Waals surface area contributed by atoms with Gasteiger partial charge in [0.15, 0.2) is 0 Å². The van der Waals surface area contributed by atoms with E-state index >= 15 is 0 Å². The van der Waals surface area contributed by atoms with E-state index in [1.807, 2.05) is 0 Å². The summed E-state index contributed by atoms with van der Waals surface area (Å²) in [5, 5.41) is 0.919. The van der Waals surface area contributed by atoms with E-state index in [0.29, 0.717) is 20.3 Å². The second-order valence-electron chi connectivity index (χ2n) is 3.58. The minimum Gasteiger partial charge on any atom is -0.488 e. The summed E-state index contributed by atoms with van der Waals surface area (Å²) in [6, 6.07) is 9.54. The van der Waals surface area contributed by atoms with Crippen molar-refractivity contribution in [2.24, 2.45) is 0 Å². The normalized spacial score (nSPS) is 10.4. The second-order valence-corrected chi connectivity index (χ2v) is 5.22. The molecule has 0 amide bonds. The molecule has 0 radical (unpaired) electrons. The Morgan fingerprint density at radius 3 is 2.72 bits per heavy atom. The van der Waals surface area contributed by atoms with Crippen LogP contribution in [0.3, 0.4) is 0 Å². The van der Waals surface area contributed by atoms with Gasteiger partial charge in [0, 0.05) is 11.6 Å². The minimum absolute atomic E-state index is 0.224. The molecule has 0 spiro atoms. The predicted octanol–water partition coefficient (Wildman–Crippen LogP) is 5.47. The fourth-order valence-electron chi connectivity index (χ4n) is 1.40. The third kappa shape index (κ3) is 3.16. The zero-order valence-corrected chi connectivity index (χ0v) is 12.2. The molecular formula is C13H8BrCl2FO. The van der Waals surface area contributed by atoms with E-state index < -0.39 is 0 Å². The van der Waals surface area contributed by atoms with Crippen molar-refractivity contribution >= 4 is 39.1 Å². The van der Waals surface area contributed by atoms with Crippen LogP contribution in [0.15, 0.2) is 40.9 Å². The maximum Gasteiger partial charge on any atom is 0.136 e. The van der Waals surface area contributed by atoms with Crippen LogP contribution >= 0.6 is 39.1 Å². The molecule has 0 aliphatic rings. The highest BCUT2D eigenvalue weighted by molar-refractivity contribution is 9.10. The fraction of sp³-hybridized carbons (Fsp3) is 0.0769. The number of rotatable bonds is 3. The summed E-state index contributed by atoms with van der Waals surface area (Å²) in [7, 11) is 0. The van der Waals surface area contributed by atoms with Gasteiger partial charge in [0.1, 0.15) is 18.2 Å². The molecule has 1 nitrogen and oxygen atoms in total. The molecule has 94 valence electrons. The first-order valence-corrected chi connectivity index (χ1v) is 6.63. The Morgan fingerprint density at radius 2 is 1.94 bits per heavy atom. The quantitative estimate of drug-likeness (QED) is 0.713. The highest BCUT2D eigenvalue weighted by atomic mass is 79.9. The van der Waals surface area contributed by atoms with Crippen LogP contribution in [0.25, 0.3) is 0 Å². The van der Waals surface area contributed by atoms with Crippen LogP contribution in [-0.4, -0.2) is 0 Å². The monoisotopic (exact) mass is 348 g/mol. The van der Waals surface area contributed by atoms with E-state index in [0.717, 1.165) is 5.56 Å². The molecule has 2 aromatic rings. The summed E-state index contributed by atoms with van der Waals surface area (Å²) in [6.45, 7) is 0.224. The first kappa shape index (κ1) is 13.7. The third-order valence-electron chi connectivity index (χ3n) is 2.31. The van der Waals surface area contributed by atoms with E-state index in [9.17, 15) is 4.39 Å². The summed E-state index contributed by atoms with van der Waals surface area (Å²) in [5.74, 6) is 0.0661. The molecule has 0 aliphatic heterocycles. The van der Waals surface area contributed by atoms with Crippen molar-refractivity contribution in [1.82, 2.24) is 0 Å². The Hall–Kier alpha value is -0.770. The van der Waals surface area contributed by atoms with Crippen molar-refractivity contribution in [3.05, 3.63) is 62.3 Å². The largest absolute Gasteiger partial charge is 0.488 e. The van der Waals surface area contributed by atoms with E-state index in [2.05, 4.69) is 15.9 Å². The highest BCUT2D eigenvalue weighted by Gasteiger charge is 2.07. The molecule has 0 N–H and O–H groups in total. The van der Waals surface area contributed by atoms with Crippen molar-refractivity contribution in [1.29, 1.82) is 0 Å². The van der Waals surface area contributed by atoms with Crippen molar-refractivity contribution in [3.8, 4) is 5.75 Å². The summed E-state index contributed by atoms with van der Waals surface area (Å²) in [5.41, 5.74) is 0.750. The van der Waals surface area contributed by atoms with Crippen LogP contribution in [0.1, 0.15) is 5.56 Å². The lowest BCUT2D eigenvalue weighted by atomic mass is 10.2. The zero-order valence-electron chi connectivity index (χ0n) is 9.09. The minimum atomic E-state index is -0.356. The Morgan fingerprint density at radius 1 is 1.17 bits per heavy atom. The van der Waals surface area contributed by atoms with Crippen molar-refractivity contribution < 1.29 is 9.13 Å². The summed E-state index contributed by atoms with van der Waals surface area (Å²) in [6.07, 6.45) is 0. The second kappa shape index (κ2) is 5.91. The van der Waals surface area contributed by atoms with Gasteiger partial charge >= 0.3 is 0 Å². The van der Waals surface area contributed by atoms with E-state index in [-0.39, 0.29) is 12.4 Å². The lowest BCUT2D eigenvalue weighted by Crippen LogP contribution is -1.97. The molecule has 18 heavy (non-hydrogen) atoms. The van der Waals surface area contributed by atoms with Gasteiger partial charge in [-0.1, -0.05) is 35.3 Å². The standard InChI is InChI=1S/C13H8BrCl2FO/c14-10-5-4-9(17)6-12(10)18-7-8-2-1-3-11(15)13(8)16/h1-6H,7H2. The van der Waals surface area contributed by atoms with Gasteiger partial charge in [0.25, 0.3) is 0 Å². The van der Waals surface area contributed by atoms with Gasteiger partial charge in [-0.25, -0.2) is 4.39 Å². The molecule has 0 saturated carbocycles. The molecule has 0 unspecified atom stereocenters. The molecule has 5 heteroatoms. The SMILES string of the molecule is Fc1ccc(Br)c(OCc2cccc(Cl)c2Cl)c1. The van der Waals surface area contributed by atoms with Crippen LogP contribution in [0.4, 0.5) is 4.39 Å². The Balaban J connectivity index is 2.16. The Kier molecular flexibility index (Phi) is 4.49. The topological polar surface area (TPSA) is 9.23 Å². The lowest BCUT2D eigenvalue weighted by Gasteiger charge is -2.10. The van der Waals surface area contributed by atoms with Crippen LogP contribution in [-0.2, 0) is 6.61 Å². The number of ether oxygens (including phenoxy) is 1. The van der Waals surface area contributed by atoms with E-state index in [4.69, 9.17) is 27.9 Å². The highest BCUT2D eigenvalue weighted by Crippen LogP contribution is 2.29. The average Bonchev–Trinajstić information content (AvgIpc) is 2.35. The molecule has 0 heterocycles. The van der Waals surface area contributed by atoms with E-state index in [1.54, 1.807) is 24.3 Å². The van der Waals surface area contributed by atoms with Gasteiger partial charge in [-0.3, -0.25) is 0 Å². The van der Waals surface area contributed by atoms with Gasteiger partial charge < -0.3 is 4.74 Å². The van der Waals surface area contributed by atoms with Gasteiger partial charge in [-0.15, -0.1) is 0 Å². The van der Waals surface area contributed by atoms with Crippen LogP contribution in [0.2, 0.25) is 10.0 Å². The first-order chi connectivity index (χ1) is 8.58. The molecule has 0 saturated heterocycles. The maximum absolute atomic E-state index is 13.1. The lowest BCUT2D eigenvalue weighted by molar-refractivity contribution is 0.302. The smallest absolute Gasteiger partial charge is 0.136 e. The van der Waals surface area contributed by atoms with Crippen molar-refractivity contribution in [2.45, 2.75) is 6.61 Å². The van der Waals surface area contributed by atoms with Gasteiger partial charge in [-0.05, 0) is 34.1 Å². The average molecular weight is 350 g/mol. The fourth-order valence-corrected chi connectivity index (χ4v) is 2.14. The molecule has 0 atom stereocenters. The van der Waals surface area contributed by atoms with Gasteiger partial charge in [-0.2, -0.15) is 0 Å². The van der Waals surface area contributed by atoms with E-state index in [1.165, 1.54) is 12.1 Å². The molecular weight excluding hydrogens is 342 g/mol. The Bertz CT molecular complexity index is 573. The number of hydrogen-bond donors (Lipinski definition) is 0. The molecule has 2 aromatic carbocycles. The van der Waals surface area contributed by atoms with Crippen molar-refractivity contribution in [2.75, 3.05) is 0 Å². The summed E-state index contributed by atoms with van der Waals surface area (Å²) in [4.78, 5) is 0. The number of benzene rings is 2. The molecule has 0 aromatic heterocycles. The predicted molar refractivity (Wildman–Crippen MR) is 74.9 cm³/mol. The first-order valence-electron chi connectivity index (χ1n) is 5.08. The van der Waals surface area contributed by atoms with Crippen LogP contribution in [0.5, 0.6) is 5.75 Å². The Labute approximate surface area is 123 Å². The van der Waals surface area contributed by atoms with Crippen molar-refractivity contribution in [3.63, 3.8) is 0 Å². The molecule has 0 fully saturated rings. The summed E-state index contributed by atoms with van der Waals surface area (Å²) < 4.78 is 19.3. The summed E-state index contributed by atoms with van der Waals surface area (Å²) >= 11 is 15.2. The zero-order chi connectivity index (χ0) is 13.1. The maximum atomic E-state index is 13.1. The van der Waals surface area contributed by atoms with Gasteiger partial charge in [0.05, 0.1) is 14.5 Å².